The molecule has 0 saturated carbocycles. The van der Waals surface area contributed by atoms with Crippen LogP contribution in [0, 0.1) is 5.92 Å². The number of carbonyl (C=O) groups excluding carboxylic acids is 1. The van der Waals surface area contributed by atoms with Gasteiger partial charge in [-0.05, 0) is 36.8 Å². The van der Waals surface area contributed by atoms with E-state index >= 15 is 0 Å². The van der Waals surface area contributed by atoms with Gasteiger partial charge in [0.25, 0.3) is 5.91 Å². The molecule has 1 aromatic carbocycles. The number of nitrogens with zero attached hydrogens (tertiary/aromatic N) is 3. The van der Waals surface area contributed by atoms with E-state index in [1.165, 1.54) is 5.56 Å². The van der Waals surface area contributed by atoms with Gasteiger partial charge in [0.15, 0.2) is 0 Å². The molecule has 2 heterocycles. The quantitative estimate of drug-likeness (QED) is 0.918. The zero-order chi connectivity index (χ0) is 16.8. The fourth-order valence-corrected chi connectivity index (χ4v) is 2.90. The summed E-state index contributed by atoms with van der Waals surface area (Å²) in [4.78, 5) is 23.1. The summed E-state index contributed by atoms with van der Waals surface area (Å²) < 4.78 is 0. The van der Waals surface area contributed by atoms with Crippen LogP contribution in [0.4, 0.5) is 5.95 Å². The van der Waals surface area contributed by atoms with E-state index in [4.69, 9.17) is 0 Å². The Morgan fingerprint density at radius 1 is 1.21 bits per heavy atom. The van der Waals surface area contributed by atoms with Crippen molar-refractivity contribution in [2.75, 3.05) is 25.0 Å². The summed E-state index contributed by atoms with van der Waals surface area (Å²) in [5, 5.41) is 3.21. The normalized spacial score (nSPS) is 15.3. The molecular weight excluding hydrogens is 300 g/mol. The first kappa shape index (κ1) is 16.4. The summed E-state index contributed by atoms with van der Waals surface area (Å²) in [6, 6.07) is 12.0. The van der Waals surface area contributed by atoms with Gasteiger partial charge in [-0.2, -0.15) is 0 Å². The number of amides is 1. The maximum atomic E-state index is 12.6. The van der Waals surface area contributed by atoms with Gasteiger partial charge in [0.05, 0.1) is 0 Å². The third-order valence-electron chi connectivity index (χ3n) is 4.49. The Balaban J connectivity index is 1.56. The highest BCUT2D eigenvalue weighted by molar-refractivity contribution is 5.92. The van der Waals surface area contributed by atoms with Gasteiger partial charge in [-0.3, -0.25) is 4.79 Å². The van der Waals surface area contributed by atoms with Gasteiger partial charge >= 0.3 is 0 Å². The minimum Gasteiger partial charge on any atom is -0.354 e. The first-order valence-corrected chi connectivity index (χ1v) is 8.62. The zero-order valence-corrected chi connectivity index (χ0v) is 14.1. The van der Waals surface area contributed by atoms with Gasteiger partial charge in [0, 0.05) is 25.8 Å². The van der Waals surface area contributed by atoms with Crippen molar-refractivity contribution in [3.8, 4) is 0 Å². The number of carbonyl (C=O) groups is 1. The summed E-state index contributed by atoms with van der Waals surface area (Å²) in [5.41, 5.74) is 1.74. The highest BCUT2D eigenvalue weighted by Crippen LogP contribution is 2.17. The molecule has 2 aromatic rings. The number of piperidine rings is 1. The fourth-order valence-electron chi connectivity index (χ4n) is 2.90. The highest BCUT2D eigenvalue weighted by Gasteiger charge is 2.22. The van der Waals surface area contributed by atoms with Gasteiger partial charge in [-0.25, -0.2) is 9.97 Å². The second kappa shape index (κ2) is 7.90. The number of hydrogen-bond acceptors (Lipinski definition) is 4. The summed E-state index contributed by atoms with van der Waals surface area (Å²) >= 11 is 0. The lowest BCUT2D eigenvalue weighted by Gasteiger charge is -2.30. The largest absolute Gasteiger partial charge is 0.354 e. The molecule has 3 rings (SSSR count). The van der Waals surface area contributed by atoms with E-state index in [2.05, 4.69) is 34.3 Å². The summed E-state index contributed by atoms with van der Waals surface area (Å²) in [6.07, 6.45) is 4.68. The van der Waals surface area contributed by atoms with E-state index in [1.54, 1.807) is 12.3 Å². The van der Waals surface area contributed by atoms with Crippen molar-refractivity contribution in [3.05, 3.63) is 53.9 Å². The molecule has 126 valence electrons. The molecule has 5 nitrogen and oxygen atoms in total. The van der Waals surface area contributed by atoms with Crippen LogP contribution < -0.4 is 5.32 Å². The van der Waals surface area contributed by atoms with Crippen molar-refractivity contribution in [1.29, 1.82) is 0 Å². The van der Waals surface area contributed by atoms with Crippen LogP contribution in [-0.4, -0.2) is 40.4 Å². The Hall–Kier alpha value is -2.43. The molecule has 1 aliphatic heterocycles. The standard InChI is InChI=1S/C19H24N4O/c1-15-9-13-23(14-10-15)18(24)17-8-12-21-19(22-17)20-11-7-16-5-3-2-4-6-16/h2-6,8,12,15H,7,9-11,13-14H2,1H3,(H,20,21,22). The molecule has 5 heteroatoms. The number of hydrogen-bond donors (Lipinski definition) is 1. The molecule has 0 radical (unpaired) electrons. The molecule has 1 fully saturated rings. The van der Waals surface area contributed by atoms with E-state index in [0.29, 0.717) is 17.6 Å². The van der Waals surface area contributed by atoms with E-state index < -0.39 is 0 Å². The number of benzene rings is 1. The van der Waals surface area contributed by atoms with Crippen LogP contribution >= 0.6 is 0 Å². The molecule has 0 aliphatic carbocycles. The van der Waals surface area contributed by atoms with E-state index in [1.807, 2.05) is 23.1 Å². The second-order valence-electron chi connectivity index (χ2n) is 6.40. The van der Waals surface area contributed by atoms with Crippen LogP contribution in [0.2, 0.25) is 0 Å². The summed E-state index contributed by atoms with van der Waals surface area (Å²) in [7, 11) is 0. The van der Waals surface area contributed by atoms with E-state index in [0.717, 1.165) is 38.9 Å². The Kier molecular flexibility index (Phi) is 5.41. The van der Waals surface area contributed by atoms with Crippen LogP contribution in [-0.2, 0) is 6.42 Å². The van der Waals surface area contributed by atoms with Crippen molar-refractivity contribution >= 4 is 11.9 Å². The number of rotatable bonds is 5. The molecular formula is C19H24N4O. The lowest BCUT2D eigenvalue weighted by Crippen LogP contribution is -2.38. The second-order valence-corrected chi connectivity index (χ2v) is 6.40. The fraction of sp³-hybridized carbons (Fsp3) is 0.421. The van der Waals surface area contributed by atoms with Crippen LogP contribution in [0.25, 0.3) is 0 Å². The van der Waals surface area contributed by atoms with Gasteiger partial charge in [-0.15, -0.1) is 0 Å². The predicted molar refractivity (Wildman–Crippen MR) is 95.0 cm³/mol. The zero-order valence-electron chi connectivity index (χ0n) is 14.1. The van der Waals surface area contributed by atoms with Crippen molar-refractivity contribution in [2.24, 2.45) is 5.92 Å². The lowest BCUT2D eigenvalue weighted by molar-refractivity contribution is 0.0691. The van der Waals surface area contributed by atoms with Crippen molar-refractivity contribution < 1.29 is 4.79 Å². The van der Waals surface area contributed by atoms with Crippen molar-refractivity contribution in [1.82, 2.24) is 14.9 Å². The Labute approximate surface area is 143 Å². The van der Waals surface area contributed by atoms with Crippen LogP contribution in [0.3, 0.4) is 0 Å². The molecule has 0 unspecified atom stereocenters. The first-order valence-electron chi connectivity index (χ1n) is 8.62. The minimum atomic E-state index is 0.00964. The number of nitrogens with one attached hydrogen (secondary N) is 1. The average molecular weight is 324 g/mol. The SMILES string of the molecule is CC1CCN(C(=O)c2ccnc(NCCc3ccccc3)n2)CC1. The van der Waals surface area contributed by atoms with Crippen molar-refractivity contribution in [3.63, 3.8) is 0 Å². The van der Waals surface area contributed by atoms with Gasteiger partial charge in [0.1, 0.15) is 5.69 Å². The number of likely N-dealkylation sites (tertiary alicyclic amines) is 1. The van der Waals surface area contributed by atoms with Gasteiger partial charge in [-0.1, -0.05) is 37.3 Å². The Morgan fingerprint density at radius 2 is 1.96 bits per heavy atom. The third kappa shape index (κ3) is 4.31. The van der Waals surface area contributed by atoms with Crippen molar-refractivity contribution in [2.45, 2.75) is 26.2 Å². The van der Waals surface area contributed by atoms with Crippen LogP contribution in [0.5, 0.6) is 0 Å². The molecule has 24 heavy (non-hydrogen) atoms. The third-order valence-corrected chi connectivity index (χ3v) is 4.49. The molecule has 1 amide bonds. The smallest absolute Gasteiger partial charge is 0.272 e. The molecule has 1 N–H and O–H groups in total. The van der Waals surface area contributed by atoms with E-state index in [-0.39, 0.29) is 5.91 Å². The maximum Gasteiger partial charge on any atom is 0.272 e. The number of aromatic nitrogens is 2. The molecule has 0 bridgehead atoms. The molecule has 1 aliphatic rings. The summed E-state index contributed by atoms with van der Waals surface area (Å²) in [6.45, 7) is 4.62. The van der Waals surface area contributed by atoms with E-state index in [9.17, 15) is 4.79 Å². The Morgan fingerprint density at radius 3 is 2.71 bits per heavy atom. The van der Waals surface area contributed by atoms with Crippen LogP contribution in [0.15, 0.2) is 42.6 Å². The molecule has 1 aromatic heterocycles. The minimum absolute atomic E-state index is 0.00964. The average Bonchev–Trinajstić information content (AvgIpc) is 2.63. The molecule has 0 atom stereocenters. The summed E-state index contributed by atoms with van der Waals surface area (Å²) in [5.74, 6) is 1.23. The highest BCUT2D eigenvalue weighted by atomic mass is 16.2. The monoisotopic (exact) mass is 324 g/mol. The predicted octanol–water partition coefficient (Wildman–Crippen LogP) is 3.00. The van der Waals surface area contributed by atoms with Crippen LogP contribution in [0.1, 0.15) is 35.8 Å². The lowest BCUT2D eigenvalue weighted by atomic mass is 9.99. The maximum absolute atomic E-state index is 12.6. The van der Waals surface area contributed by atoms with Gasteiger partial charge < -0.3 is 10.2 Å². The first-order chi connectivity index (χ1) is 11.7. The Bertz CT molecular complexity index is 666. The topological polar surface area (TPSA) is 58.1 Å². The molecule has 1 saturated heterocycles. The molecule has 0 spiro atoms. The number of anilines is 1. The van der Waals surface area contributed by atoms with Gasteiger partial charge in [0.2, 0.25) is 5.95 Å².